The molecule has 1 unspecified atom stereocenters. The van der Waals surface area contributed by atoms with Crippen LogP contribution in [0.25, 0.3) is 4.91 Å². The standard InChI is InChI=1S/C17H22N2OS/c1-11-6-8-13(9-7-11)14-10-15(17(3,4)5)19-16(21-14)18-12(2)20/h6-10,16H,1-5H3,(H,18,20). The predicted molar refractivity (Wildman–Crippen MR) is 91.2 cm³/mol. The molecule has 21 heavy (non-hydrogen) atoms. The third-order valence-corrected chi connectivity index (χ3v) is 4.25. The maximum absolute atomic E-state index is 11.3. The SMILES string of the molecule is CC(=O)NC1N=C(C(C)(C)C)C=C(c2ccc(C)cc2)S1. The second-order valence-electron chi connectivity index (χ2n) is 6.31. The van der Waals surface area contributed by atoms with E-state index < -0.39 is 0 Å². The van der Waals surface area contributed by atoms with Crippen molar-refractivity contribution in [2.75, 3.05) is 0 Å². The number of hydrogen-bond acceptors (Lipinski definition) is 3. The molecule has 1 amide bonds. The van der Waals surface area contributed by atoms with Gasteiger partial charge in [0.1, 0.15) is 0 Å². The van der Waals surface area contributed by atoms with Crippen LogP contribution in [0.1, 0.15) is 38.8 Å². The Morgan fingerprint density at radius 2 is 1.86 bits per heavy atom. The van der Waals surface area contributed by atoms with Crippen molar-refractivity contribution in [3.63, 3.8) is 0 Å². The molecule has 0 saturated carbocycles. The van der Waals surface area contributed by atoms with Crippen LogP contribution in [-0.2, 0) is 4.79 Å². The van der Waals surface area contributed by atoms with Gasteiger partial charge >= 0.3 is 0 Å². The van der Waals surface area contributed by atoms with E-state index in [2.05, 4.69) is 68.3 Å². The topological polar surface area (TPSA) is 41.5 Å². The zero-order valence-electron chi connectivity index (χ0n) is 13.2. The molecule has 1 heterocycles. The molecule has 0 saturated heterocycles. The average Bonchev–Trinajstić information content (AvgIpc) is 2.37. The van der Waals surface area contributed by atoms with Crippen LogP contribution in [0.4, 0.5) is 0 Å². The van der Waals surface area contributed by atoms with Crippen LogP contribution in [0.2, 0.25) is 0 Å². The molecule has 0 radical (unpaired) electrons. The van der Waals surface area contributed by atoms with Crippen LogP contribution in [0.3, 0.4) is 0 Å². The van der Waals surface area contributed by atoms with Gasteiger partial charge in [-0.15, -0.1) is 0 Å². The summed E-state index contributed by atoms with van der Waals surface area (Å²) in [6, 6.07) is 8.44. The Hall–Kier alpha value is -1.55. The van der Waals surface area contributed by atoms with Crippen molar-refractivity contribution in [1.82, 2.24) is 5.32 Å². The molecular formula is C17H22N2OS. The van der Waals surface area contributed by atoms with Gasteiger partial charge in [-0.1, -0.05) is 62.4 Å². The summed E-state index contributed by atoms with van der Waals surface area (Å²) >= 11 is 1.58. The van der Waals surface area contributed by atoms with Crippen molar-refractivity contribution in [3.05, 3.63) is 41.5 Å². The van der Waals surface area contributed by atoms with Crippen LogP contribution in [-0.4, -0.2) is 17.1 Å². The first-order valence-corrected chi connectivity index (χ1v) is 7.94. The number of nitrogens with zero attached hydrogens (tertiary/aromatic N) is 1. The molecule has 0 spiro atoms. The second kappa shape index (κ2) is 6.06. The summed E-state index contributed by atoms with van der Waals surface area (Å²) in [5, 5.41) is 2.89. The lowest BCUT2D eigenvalue weighted by atomic mass is 9.89. The van der Waals surface area contributed by atoms with Crippen molar-refractivity contribution in [1.29, 1.82) is 0 Å². The molecule has 0 fully saturated rings. The van der Waals surface area contributed by atoms with Gasteiger partial charge in [-0.3, -0.25) is 9.79 Å². The number of hydrogen-bond donors (Lipinski definition) is 1. The smallest absolute Gasteiger partial charge is 0.219 e. The van der Waals surface area contributed by atoms with Gasteiger partial charge in [-0.25, -0.2) is 0 Å². The van der Waals surface area contributed by atoms with Crippen molar-refractivity contribution in [2.45, 2.75) is 40.1 Å². The normalized spacial score (nSPS) is 18.8. The Bertz CT molecular complexity index is 594. The summed E-state index contributed by atoms with van der Waals surface area (Å²) in [4.78, 5) is 17.1. The zero-order chi connectivity index (χ0) is 15.6. The minimum atomic E-state index is -0.252. The number of amides is 1. The van der Waals surface area contributed by atoms with Crippen LogP contribution in [0.15, 0.2) is 35.3 Å². The Morgan fingerprint density at radius 1 is 1.24 bits per heavy atom. The highest BCUT2D eigenvalue weighted by molar-refractivity contribution is 8.08. The molecule has 2 rings (SSSR count). The number of thioether (sulfide) groups is 1. The maximum atomic E-state index is 11.3. The highest BCUT2D eigenvalue weighted by Crippen LogP contribution is 2.37. The fraction of sp³-hybridized carbons (Fsp3) is 0.412. The van der Waals surface area contributed by atoms with Crippen LogP contribution < -0.4 is 5.32 Å². The van der Waals surface area contributed by atoms with E-state index in [1.54, 1.807) is 11.8 Å². The zero-order valence-corrected chi connectivity index (χ0v) is 14.0. The Kier molecular flexibility index (Phi) is 4.57. The van der Waals surface area contributed by atoms with Crippen LogP contribution in [0.5, 0.6) is 0 Å². The third kappa shape index (κ3) is 4.21. The molecule has 1 aliphatic heterocycles. The lowest BCUT2D eigenvalue weighted by Crippen LogP contribution is -2.33. The first kappa shape index (κ1) is 15.8. The number of carbonyl (C=O) groups excluding carboxylic acids is 1. The Morgan fingerprint density at radius 3 is 2.38 bits per heavy atom. The number of benzene rings is 1. The van der Waals surface area contributed by atoms with E-state index in [1.165, 1.54) is 12.5 Å². The highest BCUT2D eigenvalue weighted by atomic mass is 32.2. The van der Waals surface area contributed by atoms with Gasteiger partial charge in [0.2, 0.25) is 5.91 Å². The molecule has 1 aromatic rings. The molecule has 1 N–H and O–H groups in total. The van der Waals surface area contributed by atoms with Gasteiger partial charge in [0.25, 0.3) is 0 Å². The lowest BCUT2D eigenvalue weighted by molar-refractivity contribution is -0.119. The fourth-order valence-corrected chi connectivity index (χ4v) is 3.07. The van der Waals surface area contributed by atoms with E-state index in [4.69, 9.17) is 0 Å². The van der Waals surface area contributed by atoms with Gasteiger partial charge < -0.3 is 5.32 Å². The second-order valence-corrected chi connectivity index (χ2v) is 7.43. The molecular weight excluding hydrogens is 280 g/mol. The van der Waals surface area contributed by atoms with Crippen LogP contribution in [0, 0.1) is 12.3 Å². The average molecular weight is 302 g/mol. The van der Waals surface area contributed by atoms with Gasteiger partial charge in [-0.05, 0) is 18.6 Å². The van der Waals surface area contributed by atoms with Crippen molar-refractivity contribution in [3.8, 4) is 0 Å². The van der Waals surface area contributed by atoms with E-state index in [9.17, 15) is 4.79 Å². The van der Waals surface area contributed by atoms with E-state index in [0.717, 1.165) is 16.2 Å². The summed E-state index contributed by atoms with van der Waals surface area (Å²) in [5.74, 6) is -0.0605. The van der Waals surface area contributed by atoms with Crippen molar-refractivity contribution < 1.29 is 4.79 Å². The number of rotatable bonds is 2. The number of aryl methyl sites for hydroxylation is 1. The number of carbonyl (C=O) groups is 1. The first-order chi connectivity index (χ1) is 9.75. The minimum Gasteiger partial charge on any atom is -0.326 e. The first-order valence-electron chi connectivity index (χ1n) is 7.06. The van der Waals surface area contributed by atoms with E-state index in [0.29, 0.717) is 0 Å². The van der Waals surface area contributed by atoms with E-state index in [-0.39, 0.29) is 16.8 Å². The molecule has 3 nitrogen and oxygen atoms in total. The molecule has 112 valence electrons. The molecule has 0 aliphatic carbocycles. The van der Waals surface area contributed by atoms with Gasteiger partial charge in [-0.2, -0.15) is 0 Å². The quantitative estimate of drug-likeness (QED) is 0.897. The van der Waals surface area contributed by atoms with Gasteiger partial charge in [0.05, 0.1) is 0 Å². The molecule has 0 aromatic heterocycles. The lowest BCUT2D eigenvalue weighted by Gasteiger charge is -2.27. The highest BCUT2D eigenvalue weighted by Gasteiger charge is 2.25. The number of aliphatic imine (C=N–C) groups is 1. The summed E-state index contributed by atoms with van der Waals surface area (Å²) in [6.45, 7) is 10.0. The monoisotopic (exact) mass is 302 g/mol. The summed E-state index contributed by atoms with van der Waals surface area (Å²) < 4.78 is 0. The van der Waals surface area contributed by atoms with Crippen LogP contribution >= 0.6 is 11.8 Å². The number of nitrogens with one attached hydrogen (secondary N) is 1. The molecule has 0 bridgehead atoms. The predicted octanol–water partition coefficient (Wildman–Crippen LogP) is 3.99. The maximum Gasteiger partial charge on any atom is 0.219 e. The Labute approximate surface area is 130 Å². The third-order valence-electron chi connectivity index (χ3n) is 3.19. The van der Waals surface area contributed by atoms with Gasteiger partial charge in [0.15, 0.2) is 5.50 Å². The summed E-state index contributed by atoms with van der Waals surface area (Å²) in [6.07, 6.45) is 2.13. The molecule has 1 atom stereocenters. The molecule has 1 aromatic carbocycles. The Balaban J connectivity index is 2.36. The van der Waals surface area contributed by atoms with E-state index >= 15 is 0 Å². The van der Waals surface area contributed by atoms with Gasteiger partial charge in [0, 0.05) is 23.0 Å². The largest absolute Gasteiger partial charge is 0.326 e. The minimum absolute atomic E-state index is 0.0480. The summed E-state index contributed by atoms with van der Waals surface area (Å²) in [5.41, 5.74) is 3.11. The number of allylic oxidation sites excluding steroid dienone is 1. The van der Waals surface area contributed by atoms with Crippen molar-refractivity contribution >= 4 is 28.3 Å². The van der Waals surface area contributed by atoms with Crippen molar-refractivity contribution in [2.24, 2.45) is 10.4 Å². The molecule has 4 heteroatoms. The molecule has 1 aliphatic rings. The summed E-state index contributed by atoms with van der Waals surface area (Å²) in [7, 11) is 0. The van der Waals surface area contributed by atoms with E-state index in [1.807, 2.05) is 0 Å². The fourth-order valence-electron chi connectivity index (χ4n) is 1.98.